The molecule has 0 radical (unpaired) electrons. The van der Waals surface area contributed by atoms with Gasteiger partial charge in [-0.1, -0.05) is 52.0 Å². The average molecular weight is 723 g/mol. The fourth-order valence-electron chi connectivity index (χ4n) is 6.67. The van der Waals surface area contributed by atoms with Crippen molar-refractivity contribution in [1.29, 1.82) is 0 Å². The van der Waals surface area contributed by atoms with Gasteiger partial charge in [-0.2, -0.15) is 0 Å². The number of nitrogens with one attached hydrogen (secondary N) is 4. The molecule has 5 N–H and O–H groups in total. The van der Waals surface area contributed by atoms with Gasteiger partial charge in [-0.05, 0) is 66.3 Å². The molecule has 0 aliphatic carbocycles. The SMILES string of the molecule is CCC(C)(CNc1ccc(Cn2ccc3ccc(C(=O)NO)cc32)cc1)COCC(C)(C)CNc1cccc2c1C(=O)N(C1CCC(=O)NC1=O)C2=O. The molecule has 13 nitrogen and oxygen atoms in total. The van der Waals surface area contributed by atoms with E-state index < -0.39 is 35.6 Å². The fourth-order valence-corrected chi connectivity index (χ4v) is 6.67. The highest BCUT2D eigenvalue weighted by molar-refractivity contribution is 6.25. The number of carbonyl (C=O) groups excluding carboxylic acids is 5. The minimum absolute atomic E-state index is 0.0656. The molecule has 13 heteroatoms. The second kappa shape index (κ2) is 15.2. The first kappa shape index (κ1) is 37.2. The molecule has 2 unspecified atom stereocenters. The zero-order chi connectivity index (χ0) is 37.9. The van der Waals surface area contributed by atoms with Crippen LogP contribution in [-0.2, 0) is 20.9 Å². The highest BCUT2D eigenvalue weighted by atomic mass is 16.5. The van der Waals surface area contributed by atoms with Gasteiger partial charge >= 0.3 is 0 Å². The summed E-state index contributed by atoms with van der Waals surface area (Å²) in [6.07, 6.45) is 3.05. The maximum Gasteiger partial charge on any atom is 0.274 e. The van der Waals surface area contributed by atoms with Crippen LogP contribution < -0.4 is 21.4 Å². The van der Waals surface area contributed by atoms with Crippen molar-refractivity contribution in [2.24, 2.45) is 10.8 Å². The van der Waals surface area contributed by atoms with E-state index in [0.29, 0.717) is 44.1 Å². The predicted molar refractivity (Wildman–Crippen MR) is 200 cm³/mol. The molecular weight excluding hydrogens is 676 g/mol. The Morgan fingerprint density at radius 1 is 0.943 bits per heavy atom. The van der Waals surface area contributed by atoms with Crippen molar-refractivity contribution in [3.05, 3.63) is 95.2 Å². The summed E-state index contributed by atoms with van der Waals surface area (Å²) in [5.41, 5.74) is 5.59. The first-order chi connectivity index (χ1) is 25.3. The lowest BCUT2D eigenvalue weighted by Gasteiger charge is -2.32. The molecule has 278 valence electrons. The molecule has 0 saturated carbocycles. The summed E-state index contributed by atoms with van der Waals surface area (Å²) in [4.78, 5) is 63.7. The van der Waals surface area contributed by atoms with E-state index in [-0.39, 0.29) is 34.8 Å². The zero-order valence-electron chi connectivity index (χ0n) is 30.5. The van der Waals surface area contributed by atoms with Crippen LogP contribution in [0.25, 0.3) is 10.9 Å². The number of anilines is 2. The molecule has 1 fully saturated rings. The van der Waals surface area contributed by atoms with Crippen LogP contribution >= 0.6 is 0 Å². The lowest BCUT2D eigenvalue weighted by atomic mass is 9.88. The molecule has 1 saturated heterocycles. The van der Waals surface area contributed by atoms with Crippen LogP contribution in [0, 0.1) is 10.8 Å². The van der Waals surface area contributed by atoms with Gasteiger partial charge in [-0.15, -0.1) is 0 Å². The standard InChI is InChI=1S/C40H46N6O7/c1-5-40(4,22-41-28-13-9-25(10-14-28)20-45-18-17-26-11-12-27(19-32(26)45)35(48)44-52)24-53-23-39(2,3)21-42-30-8-6-7-29-34(30)38(51)46(37(29)50)31-15-16-33(47)43-36(31)49/h6-14,17-19,31,41-42,52H,5,15-16,20-24H2,1-4H3,(H,44,48)(H,43,47,49). The molecule has 2 atom stereocenters. The monoisotopic (exact) mass is 722 g/mol. The van der Waals surface area contributed by atoms with Gasteiger partial charge in [0.2, 0.25) is 11.8 Å². The number of imide groups is 2. The molecule has 3 aromatic carbocycles. The highest BCUT2D eigenvalue weighted by Gasteiger charge is 2.45. The van der Waals surface area contributed by atoms with E-state index in [1.165, 1.54) is 0 Å². The minimum Gasteiger partial charge on any atom is -0.384 e. The van der Waals surface area contributed by atoms with Gasteiger partial charge in [0.05, 0.1) is 24.3 Å². The van der Waals surface area contributed by atoms with E-state index in [0.717, 1.165) is 33.5 Å². The minimum atomic E-state index is -1.02. The summed E-state index contributed by atoms with van der Waals surface area (Å²) in [6, 6.07) is 19.6. The second-order valence-corrected chi connectivity index (χ2v) is 15.1. The molecule has 5 amide bonds. The van der Waals surface area contributed by atoms with E-state index in [9.17, 15) is 24.0 Å². The molecule has 2 aliphatic rings. The molecule has 6 rings (SSSR count). The Balaban J connectivity index is 0.997. The molecule has 2 aliphatic heterocycles. The third kappa shape index (κ3) is 8.11. The van der Waals surface area contributed by atoms with Crippen molar-refractivity contribution in [1.82, 2.24) is 20.3 Å². The quantitative estimate of drug-likeness (QED) is 0.0629. The van der Waals surface area contributed by atoms with E-state index >= 15 is 0 Å². The maximum atomic E-state index is 13.5. The van der Waals surface area contributed by atoms with Crippen LogP contribution in [0.3, 0.4) is 0 Å². The van der Waals surface area contributed by atoms with Crippen LogP contribution in [0.1, 0.15) is 83.6 Å². The summed E-state index contributed by atoms with van der Waals surface area (Å²) in [5.74, 6) is -2.68. The van der Waals surface area contributed by atoms with Gasteiger partial charge in [-0.3, -0.25) is 39.4 Å². The van der Waals surface area contributed by atoms with Crippen molar-refractivity contribution in [3.8, 4) is 0 Å². The fraction of sp³-hybridized carbons (Fsp3) is 0.375. The largest absolute Gasteiger partial charge is 0.384 e. The maximum absolute atomic E-state index is 13.5. The second-order valence-electron chi connectivity index (χ2n) is 15.1. The molecule has 0 spiro atoms. The summed E-state index contributed by atoms with van der Waals surface area (Å²) in [5, 5.41) is 19.2. The Morgan fingerprint density at radius 2 is 1.72 bits per heavy atom. The Bertz CT molecular complexity index is 2060. The van der Waals surface area contributed by atoms with Gasteiger partial charge in [0.1, 0.15) is 6.04 Å². The number of fused-ring (bicyclic) bond motifs is 2. The number of hydroxylamine groups is 1. The van der Waals surface area contributed by atoms with Crippen molar-refractivity contribution >= 4 is 51.8 Å². The van der Waals surface area contributed by atoms with Crippen molar-refractivity contribution in [2.45, 2.75) is 59.5 Å². The van der Waals surface area contributed by atoms with Crippen LogP contribution in [0.4, 0.5) is 11.4 Å². The Hall–Kier alpha value is -5.53. The van der Waals surface area contributed by atoms with Crippen molar-refractivity contribution in [3.63, 3.8) is 0 Å². The lowest BCUT2D eigenvalue weighted by molar-refractivity contribution is -0.136. The number of carbonyl (C=O) groups is 5. The summed E-state index contributed by atoms with van der Waals surface area (Å²) in [6.45, 7) is 11.2. The molecule has 53 heavy (non-hydrogen) atoms. The average Bonchev–Trinajstić information content (AvgIpc) is 3.66. The van der Waals surface area contributed by atoms with Crippen LogP contribution in [0.15, 0.2) is 72.9 Å². The number of amides is 5. The smallest absolute Gasteiger partial charge is 0.274 e. The van der Waals surface area contributed by atoms with E-state index in [1.807, 2.05) is 18.3 Å². The Labute approximate surface area is 308 Å². The topological polar surface area (TPSA) is 171 Å². The first-order valence-corrected chi connectivity index (χ1v) is 17.8. The number of benzene rings is 3. The van der Waals surface area contributed by atoms with E-state index in [2.05, 4.69) is 72.5 Å². The van der Waals surface area contributed by atoms with Gasteiger partial charge in [-0.25, -0.2) is 5.48 Å². The zero-order valence-corrected chi connectivity index (χ0v) is 30.5. The first-order valence-electron chi connectivity index (χ1n) is 17.8. The summed E-state index contributed by atoms with van der Waals surface area (Å²) < 4.78 is 8.37. The molecule has 1 aromatic heterocycles. The number of rotatable bonds is 15. The molecule has 0 bridgehead atoms. The van der Waals surface area contributed by atoms with Crippen LogP contribution in [0.5, 0.6) is 0 Å². The van der Waals surface area contributed by atoms with E-state index in [4.69, 9.17) is 9.94 Å². The number of nitrogens with zero attached hydrogens (tertiary/aromatic N) is 2. The van der Waals surface area contributed by atoms with Crippen LogP contribution in [0.2, 0.25) is 0 Å². The molecule has 4 aromatic rings. The highest BCUT2D eigenvalue weighted by Crippen LogP contribution is 2.33. The predicted octanol–water partition coefficient (Wildman–Crippen LogP) is 5.19. The normalized spacial score (nSPS) is 17.1. The van der Waals surface area contributed by atoms with Gasteiger partial charge in [0.25, 0.3) is 17.7 Å². The molecule has 3 heterocycles. The van der Waals surface area contributed by atoms with Crippen molar-refractivity contribution in [2.75, 3.05) is 36.9 Å². The third-order valence-corrected chi connectivity index (χ3v) is 10.2. The summed E-state index contributed by atoms with van der Waals surface area (Å²) in [7, 11) is 0. The molecular formula is C40H46N6O7. The number of hydrogen-bond acceptors (Lipinski definition) is 9. The van der Waals surface area contributed by atoms with Crippen LogP contribution in [-0.4, -0.2) is 76.6 Å². The van der Waals surface area contributed by atoms with Crippen molar-refractivity contribution < 1.29 is 33.9 Å². The lowest BCUT2D eigenvalue weighted by Crippen LogP contribution is -2.54. The number of hydrogen-bond donors (Lipinski definition) is 5. The van der Waals surface area contributed by atoms with E-state index in [1.54, 1.807) is 35.8 Å². The van der Waals surface area contributed by atoms with Gasteiger partial charge < -0.3 is 19.9 Å². The van der Waals surface area contributed by atoms with Gasteiger partial charge in [0, 0.05) is 65.5 Å². The number of piperidine rings is 1. The third-order valence-electron chi connectivity index (χ3n) is 10.2. The Morgan fingerprint density at radius 3 is 2.43 bits per heavy atom. The Kier molecular flexibility index (Phi) is 10.7. The number of ether oxygens (including phenoxy) is 1. The number of aromatic nitrogens is 1. The summed E-state index contributed by atoms with van der Waals surface area (Å²) >= 11 is 0. The van der Waals surface area contributed by atoms with Gasteiger partial charge in [0.15, 0.2) is 0 Å².